The number of amides is 1. The number of quaternary nitrogens is 1. The number of aliphatic hydroxyl groups is 1. The molecule has 0 radical (unpaired) electrons. The highest BCUT2D eigenvalue weighted by Gasteiger charge is 2.36. The van der Waals surface area contributed by atoms with Crippen LogP contribution in [-0.2, 0) is 10.4 Å². The minimum Gasteiger partial charge on any atom is -0.497 e. The summed E-state index contributed by atoms with van der Waals surface area (Å²) in [6.45, 7) is 1.92. The highest BCUT2D eigenvalue weighted by Crippen LogP contribution is 2.30. The second kappa shape index (κ2) is 7.29. The van der Waals surface area contributed by atoms with Gasteiger partial charge in [-0.3, -0.25) is 10.1 Å². The Morgan fingerprint density at radius 3 is 2.67 bits per heavy atom. The highest BCUT2D eigenvalue weighted by molar-refractivity contribution is 7.13. The Hall–Kier alpha value is -1.96. The van der Waals surface area contributed by atoms with Crippen LogP contribution in [0, 0.1) is 0 Å². The molecule has 0 bridgehead atoms. The number of aromatic nitrogens is 1. The van der Waals surface area contributed by atoms with E-state index in [2.05, 4.69) is 10.3 Å². The fourth-order valence-corrected chi connectivity index (χ4v) is 3.60. The van der Waals surface area contributed by atoms with Crippen molar-refractivity contribution in [2.45, 2.75) is 18.4 Å². The molecule has 2 aromatic rings. The predicted octanol–water partition coefficient (Wildman–Crippen LogP) is 0.657. The van der Waals surface area contributed by atoms with Crippen LogP contribution >= 0.6 is 11.3 Å². The monoisotopic (exact) mass is 348 g/mol. The summed E-state index contributed by atoms with van der Waals surface area (Å²) >= 11 is 1.41. The first-order valence-corrected chi connectivity index (χ1v) is 8.87. The number of rotatable bonds is 5. The van der Waals surface area contributed by atoms with Crippen LogP contribution in [0.3, 0.4) is 0 Å². The molecule has 0 spiro atoms. The second-order valence-electron chi connectivity index (χ2n) is 6.07. The van der Waals surface area contributed by atoms with Crippen LogP contribution in [0.5, 0.6) is 5.75 Å². The van der Waals surface area contributed by atoms with Crippen molar-refractivity contribution < 1.29 is 19.5 Å². The number of likely N-dealkylation sites (tertiary alicyclic amines) is 1. The molecule has 1 aromatic carbocycles. The first kappa shape index (κ1) is 16.9. The molecule has 24 heavy (non-hydrogen) atoms. The van der Waals surface area contributed by atoms with Gasteiger partial charge in [0.15, 0.2) is 11.7 Å². The zero-order valence-corrected chi connectivity index (χ0v) is 14.4. The van der Waals surface area contributed by atoms with Gasteiger partial charge in [0.2, 0.25) is 0 Å². The number of piperidine rings is 1. The number of methoxy groups -OCH3 is 1. The van der Waals surface area contributed by atoms with E-state index in [0.717, 1.165) is 24.4 Å². The third kappa shape index (κ3) is 3.92. The van der Waals surface area contributed by atoms with Crippen molar-refractivity contribution in [2.75, 3.05) is 32.1 Å². The zero-order chi connectivity index (χ0) is 17.0. The Balaban J connectivity index is 1.53. The summed E-state index contributed by atoms with van der Waals surface area (Å²) in [5.74, 6) is 0.749. The predicted molar refractivity (Wildman–Crippen MR) is 92.4 cm³/mol. The average molecular weight is 348 g/mol. The Kier molecular flexibility index (Phi) is 5.13. The molecule has 1 fully saturated rings. The molecule has 1 amide bonds. The molecular weight excluding hydrogens is 326 g/mol. The van der Waals surface area contributed by atoms with E-state index >= 15 is 0 Å². The van der Waals surface area contributed by atoms with E-state index in [1.165, 1.54) is 16.2 Å². The normalized spacial score (nSPS) is 23.7. The number of nitrogens with one attached hydrogen (secondary N) is 2. The van der Waals surface area contributed by atoms with Gasteiger partial charge >= 0.3 is 0 Å². The molecule has 0 unspecified atom stereocenters. The van der Waals surface area contributed by atoms with Crippen LogP contribution in [0.25, 0.3) is 0 Å². The minimum atomic E-state index is -0.818. The van der Waals surface area contributed by atoms with Crippen molar-refractivity contribution in [2.24, 2.45) is 0 Å². The molecule has 0 atom stereocenters. The Morgan fingerprint density at radius 2 is 2.08 bits per heavy atom. The SMILES string of the molecule is COc1ccc(C2(O)CC[NH+](CC(=O)Nc3nccs3)CC2)cc1. The van der Waals surface area contributed by atoms with Crippen molar-refractivity contribution in [1.29, 1.82) is 0 Å². The summed E-state index contributed by atoms with van der Waals surface area (Å²) < 4.78 is 5.16. The summed E-state index contributed by atoms with van der Waals surface area (Å²) in [5.41, 5.74) is 0.0938. The van der Waals surface area contributed by atoms with Crippen LogP contribution < -0.4 is 15.0 Å². The van der Waals surface area contributed by atoms with E-state index in [1.807, 2.05) is 29.6 Å². The van der Waals surface area contributed by atoms with E-state index < -0.39 is 5.60 Å². The number of benzene rings is 1. The first-order valence-electron chi connectivity index (χ1n) is 7.99. The number of carbonyl (C=O) groups excluding carboxylic acids is 1. The molecule has 3 rings (SSSR count). The summed E-state index contributed by atoms with van der Waals surface area (Å²) in [6, 6.07) is 7.57. The van der Waals surface area contributed by atoms with Crippen LogP contribution in [0.15, 0.2) is 35.8 Å². The minimum absolute atomic E-state index is 0.0326. The van der Waals surface area contributed by atoms with Crippen LogP contribution in [0.2, 0.25) is 0 Å². The van der Waals surface area contributed by atoms with Gasteiger partial charge in [-0.25, -0.2) is 4.98 Å². The van der Waals surface area contributed by atoms with Gasteiger partial charge in [-0.1, -0.05) is 12.1 Å². The number of ether oxygens (including phenoxy) is 1. The molecule has 1 aliphatic rings. The molecule has 1 saturated heterocycles. The van der Waals surface area contributed by atoms with E-state index in [0.29, 0.717) is 24.5 Å². The lowest BCUT2D eigenvalue weighted by Gasteiger charge is -2.36. The average Bonchev–Trinajstić information content (AvgIpc) is 3.10. The van der Waals surface area contributed by atoms with Gasteiger partial charge in [0.1, 0.15) is 11.4 Å². The lowest BCUT2D eigenvalue weighted by atomic mass is 9.84. The van der Waals surface area contributed by atoms with Crippen molar-refractivity contribution in [3.63, 3.8) is 0 Å². The number of thiazole rings is 1. The lowest BCUT2D eigenvalue weighted by Crippen LogP contribution is -3.14. The van der Waals surface area contributed by atoms with Gasteiger partial charge in [0.25, 0.3) is 5.91 Å². The summed E-state index contributed by atoms with van der Waals surface area (Å²) in [5, 5.41) is 16.2. The van der Waals surface area contributed by atoms with Gasteiger partial charge in [-0.15, -0.1) is 11.3 Å². The number of hydrogen-bond acceptors (Lipinski definition) is 5. The molecule has 1 aliphatic heterocycles. The third-order valence-electron chi connectivity index (χ3n) is 4.50. The largest absolute Gasteiger partial charge is 0.497 e. The van der Waals surface area contributed by atoms with Gasteiger partial charge < -0.3 is 14.7 Å². The Labute approximate surface area is 145 Å². The van der Waals surface area contributed by atoms with Crippen LogP contribution in [0.4, 0.5) is 5.13 Å². The highest BCUT2D eigenvalue weighted by atomic mass is 32.1. The first-order chi connectivity index (χ1) is 11.6. The van der Waals surface area contributed by atoms with E-state index in [4.69, 9.17) is 4.74 Å². The standard InChI is InChI=1S/C17H21N3O3S/c1-23-14-4-2-13(3-5-14)17(22)6-9-20(10-7-17)12-15(21)19-16-18-8-11-24-16/h2-5,8,11,22H,6-7,9-10,12H2,1H3,(H,18,19,21)/p+1. The smallest absolute Gasteiger partial charge is 0.281 e. The molecule has 6 nitrogen and oxygen atoms in total. The third-order valence-corrected chi connectivity index (χ3v) is 5.19. The van der Waals surface area contributed by atoms with E-state index in [9.17, 15) is 9.90 Å². The maximum absolute atomic E-state index is 12.0. The maximum atomic E-state index is 12.0. The number of nitrogens with zero attached hydrogens (tertiary/aromatic N) is 1. The molecular formula is C17H22N3O3S+. The zero-order valence-electron chi connectivity index (χ0n) is 13.6. The van der Waals surface area contributed by atoms with Gasteiger partial charge in [0.05, 0.1) is 20.2 Å². The molecule has 7 heteroatoms. The number of carbonyl (C=O) groups is 1. The lowest BCUT2D eigenvalue weighted by molar-refractivity contribution is -0.899. The van der Waals surface area contributed by atoms with Gasteiger partial charge in [-0.05, 0) is 17.7 Å². The Bertz CT molecular complexity index is 665. The second-order valence-corrected chi connectivity index (χ2v) is 6.97. The molecule has 0 aliphatic carbocycles. The fraction of sp³-hybridized carbons (Fsp3) is 0.412. The van der Waals surface area contributed by atoms with Gasteiger partial charge in [-0.2, -0.15) is 0 Å². The summed E-state index contributed by atoms with van der Waals surface area (Å²) in [7, 11) is 1.63. The fourth-order valence-electron chi connectivity index (χ4n) is 3.06. The summed E-state index contributed by atoms with van der Waals surface area (Å²) in [4.78, 5) is 17.3. The molecule has 3 N–H and O–H groups in total. The summed E-state index contributed by atoms with van der Waals surface area (Å²) in [6.07, 6.45) is 2.95. The molecule has 0 saturated carbocycles. The number of hydrogen-bond donors (Lipinski definition) is 3. The maximum Gasteiger partial charge on any atom is 0.281 e. The van der Waals surface area contributed by atoms with Crippen molar-refractivity contribution in [1.82, 2.24) is 4.98 Å². The van der Waals surface area contributed by atoms with Crippen molar-refractivity contribution in [3.05, 3.63) is 41.4 Å². The molecule has 1 aromatic heterocycles. The van der Waals surface area contributed by atoms with Crippen molar-refractivity contribution in [3.8, 4) is 5.75 Å². The van der Waals surface area contributed by atoms with Gasteiger partial charge in [0, 0.05) is 24.4 Å². The Morgan fingerprint density at radius 1 is 1.38 bits per heavy atom. The molecule has 2 heterocycles. The van der Waals surface area contributed by atoms with E-state index in [1.54, 1.807) is 13.3 Å². The van der Waals surface area contributed by atoms with Crippen molar-refractivity contribution >= 4 is 22.4 Å². The van der Waals surface area contributed by atoms with Crippen LogP contribution in [-0.4, -0.2) is 42.7 Å². The topological polar surface area (TPSA) is 75.9 Å². The quantitative estimate of drug-likeness (QED) is 0.742. The number of anilines is 1. The van der Waals surface area contributed by atoms with Crippen LogP contribution in [0.1, 0.15) is 18.4 Å². The van der Waals surface area contributed by atoms with E-state index in [-0.39, 0.29) is 5.91 Å². The molecule has 128 valence electrons.